The van der Waals surface area contributed by atoms with Crippen LogP contribution >= 0.6 is 0 Å². The lowest BCUT2D eigenvalue weighted by molar-refractivity contribution is -0.363. The number of rotatable bonds is 2. The van der Waals surface area contributed by atoms with Crippen LogP contribution in [0.25, 0.3) is 0 Å². The molecule has 0 aromatic heterocycles. The Labute approximate surface area is 131 Å². The highest BCUT2D eigenvalue weighted by molar-refractivity contribution is 5.76. The van der Waals surface area contributed by atoms with Gasteiger partial charge in [0.1, 0.15) is 0 Å². The van der Waals surface area contributed by atoms with Crippen molar-refractivity contribution in [2.24, 2.45) is 23.7 Å². The highest BCUT2D eigenvalue weighted by atomic mass is 17.3. The van der Waals surface area contributed by atoms with Gasteiger partial charge in [-0.2, -0.15) is 9.78 Å². The summed E-state index contributed by atoms with van der Waals surface area (Å²) >= 11 is 0. The lowest BCUT2D eigenvalue weighted by atomic mass is 9.60. The Morgan fingerprint density at radius 3 is 2.77 bits per heavy atom. The Bertz CT molecular complexity index is 480. The summed E-state index contributed by atoms with van der Waals surface area (Å²) in [6.45, 7) is 6.37. The maximum atomic E-state index is 12.3. The van der Waals surface area contributed by atoms with E-state index < -0.39 is 17.7 Å². The highest BCUT2D eigenvalue weighted by Gasteiger charge is 2.70. The molecule has 0 radical (unpaired) electrons. The molecule has 124 valence electrons. The summed E-state index contributed by atoms with van der Waals surface area (Å²) in [4.78, 5) is 23.6. The van der Waals surface area contributed by atoms with E-state index in [1.54, 1.807) is 0 Å². The Kier molecular flexibility index (Phi) is 3.34. The van der Waals surface area contributed by atoms with E-state index in [2.05, 4.69) is 13.8 Å². The standard InChI is InChI=1S/C17H26O5/c1-4-8-16-9-7-12-10(2)5-6-13-11(3)14(18)19-17(12,13)15(20-16)21-22-16/h10-13,15H,4-9H2,1-3H3/t10-,11-,12+,13+,15?,16?,17?/m1/s1. The van der Waals surface area contributed by atoms with Crippen molar-refractivity contribution in [3.05, 3.63) is 0 Å². The minimum atomic E-state index is -0.653. The summed E-state index contributed by atoms with van der Waals surface area (Å²) in [6.07, 6.45) is 5.14. The number of fused-ring (bicyclic) bond motifs is 2. The van der Waals surface area contributed by atoms with E-state index in [1.807, 2.05) is 6.92 Å². The maximum Gasteiger partial charge on any atom is 0.309 e. The van der Waals surface area contributed by atoms with Gasteiger partial charge in [-0.05, 0) is 25.2 Å². The molecule has 2 bridgehead atoms. The quantitative estimate of drug-likeness (QED) is 0.579. The van der Waals surface area contributed by atoms with Crippen molar-refractivity contribution in [3.8, 4) is 0 Å². The van der Waals surface area contributed by atoms with E-state index in [1.165, 1.54) is 0 Å². The molecule has 3 unspecified atom stereocenters. The molecule has 3 heterocycles. The van der Waals surface area contributed by atoms with Gasteiger partial charge < -0.3 is 9.47 Å². The van der Waals surface area contributed by atoms with Gasteiger partial charge in [-0.25, -0.2) is 0 Å². The van der Waals surface area contributed by atoms with Crippen molar-refractivity contribution < 1.29 is 24.0 Å². The average Bonchev–Trinajstić information content (AvgIpc) is 2.96. The van der Waals surface area contributed by atoms with Crippen LogP contribution in [0.1, 0.15) is 59.3 Å². The molecule has 3 saturated heterocycles. The minimum Gasteiger partial charge on any atom is -0.453 e. The van der Waals surface area contributed by atoms with Crippen LogP contribution in [0.3, 0.4) is 0 Å². The van der Waals surface area contributed by atoms with Gasteiger partial charge >= 0.3 is 5.97 Å². The number of carbonyl (C=O) groups is 1. The second-order valence-corrected chi connectivity index (χ2v) is 7.66. The van der Waals surface area contributed by atoms with E-state index >= 15 is 0 Å². The van der Waals surface area contributed by atoms with Crippen LogP contribution in [-0.4, -0.2) is 23.6 Å². The van der Waals surface area contributed by atoms with E-state index in [0.717, 1.165) is 38.5 Å². The van der Waals surface area contributed by atoms with Gasteiger partial charge in [0.15, 0.2) is 5.60 Å². The first-order valence-corrected chi connectivity index (χ1v) is 8.77. The summed E-state index contributed by atoms with van der Waals surface area (Å²) in [7, 11) is 0. The number of ether oxygens (including phenoxy) is 2. The van der Waals surface area contributed by atoms with E-state index in [9.17, 15) is 4.79 Å². The van der Waals surface area contributed by atoms with Crippen LogP contribution in [0.5, 0.6) is 0 Å². The molecule has 0 aromatic rings. The lowest BCUT2D eigenvalue weighted by Crippen LogP contribution is -2.57. The minimum absolute atomic E-state index is 0.0820. The molecular weight excluding hydrogens is 284 g/mol. The van der Waals surface area contributed by atoms with Crippen LogP contribution in [-0.2, 0) is 24.0 Å². The molecule has 5 heteroatoms. The summed E-state index contributed by atoms with van der Waals surface area (Å²) < 4.78 is 12.3. The third-order valence-corrected chi connectivity index (χ3v) is 6.48. The van der Waals surface area contributed by atoms with E-state index in [-0.39, 0.29) is 17.8 Å². The molecule has 0 aromatic carbocycles. The van der Waals surface area contributed by atoms with Crippen LogP contribution in [0.4, 0.5) is 0 Å². The smallest absolute Gasteiger partial charge is 0.309 e. The van der Waals surface area contributed by atoms with Crippen molar-refractivity contribution in [1.82, 2.24) is 0 Å². The predicted molar refractivity (Wildman–Crippen MR) is 77.3 cm³/mol. The number of hydrogen-bond donors (Lipinski definition) is 0. The Hall–Kier alpha value is -0.650. The fourth-order valence-corrected chi connectivity index (χ4v) is 5.34. The molecule has 0 amide bonds. The molecule has 22 heavy (non-hydrogen) atoms. The summed E-state index contributed by atoms with van der Waals surface area (Å²) in [5.74, 6) is 0.152. The Morgan fingerprint density at radius 1 is 1.18 bits per heavy atom. The van der Waals surface area contributed by atoms with Gasteiger partial charge in [-0.3, -0.25) is 4.79 Å². The largest absolute Gasteiger partial charge is 0.453 e. The zero-order chi connectivity index (χ0) is 15.5. The third kappa shape index (κ3) is 1.79. The second-order valence-electron chi connectivity index (χ2n) is 7.66. The van der Waals surface area contributed by atoms with Crippen molar-refractivity contribution in [2.75, 3.05) is 0 Å². The van der Waals surface area contributed by atoms with Crippen molar-refractivity contribution >= 4 is 5.97 Å². The molecule has 3 aliphatic heterocycles. The first kappa shape index (κ1) is 14.9. The molecule has 0 N–H and O–H groups in total. The monoisotopic (exact) mass is 310 g/mol. The molecule has 1 aliphatic carbocycles. The van der Waals surface area contributed by atoms with Crippen LogP contribution in [0.15, 0.2) is 0 Å². The summed E-state index contributed by atoms with van der Waals surface area (Å²) in [5.41, 5.74) is -0.653. The molecule has 1 spiro atoms. The second kappa shape index (κ2) is 4.92. The Balaban J connectivity index is 1.75. The Morgan fingerprint density at radius 2 is 2.00 bits per heavy atom. The van der Waals surface area contributed by atoms with Crippen molar-refractivity contribution in [3.63, 3.8) is 0 Å². The molecule has 4 rings (SSSR count). The number of esters is 1. The van der Waals surface area contributed by atoms with E-state index in [0.29, 0.717) is 11.8 Å². The highest BCUT2D eigenvalue weighted by Crippen LogP contribution is 2.60. The van der Waals surface area contributed by atoms with Gasteiger partial charge in [0.05, 0.1) is 5.92 Å². The average molecular weight is 310 g/mol. The van der Waals surface area contributed by atoms with Crippen LogP contribution < -0.4 is 0 Å². The predicted octanol–water partition coefficient (Wildman–Crippen LogP) is 3.18. The SMILES string of the molecule is CCCC12CC[C@H]3[C@H](C)CC[C@H]4[C@@H](C)C(=O)OC34C(OO1)O2. The topological polar surface area (TPSA) is 54.0 Å². The number of carbonyl (C=O) groups excluding carboxylic acids is 1. The number of hydrogen-bond acceptors (Lipinski definition) is 5. The van der Waals surface area contributed by atoms with E-state index in [4.69, 9.17) is 19.2 Å². The van der Waals surface area contributed by atoms with Gasteiger partial charge in [0, 0.05) is 24.7 Å². The summed E-state index contributed by atoms with van der Waals surface area (Å²) in [6, 6.07) is 0. The third-order valence-electron chi connectivity index (χ3n) is 6.48. The van der Waals surface area contributed by atoms with Gasteiger partial charge in [0.25, 0.3) is 0 Å². The molecule has 7 atom stereocenters. The van der Waals surface area contributed by atoms with Crippen LogP contribution in [0, 0.1) is 23.7 Å². The van der Waals surface area contributed by atoms with Crippen molar-refractivity contribution in [2.45, 2.75) is 77.0 Å². The molecule has 5 nitrogen and oxygen atoms in total. The molecule has 4 aliphatic rings. The summed E-state index contributed by atoms with van der Waals surface area (Å²) in [5, 5.41) is 0. The molecule has 4 fully saturated rings. The van der Waals surface area contributed by atoms with Gasteiger partial charge in [0.2, 0.25) is 12.1 Å². The molecular formula is C17H26O5. The van der Waals surface area contributed by atoms with Crippen LogP contribution in [0.2, 0.25) is 0 Å². The first-order chi connectivity index (χ1) is 10.5. The normalized spacial score (nSPS) is 53.6. The zero-order valence-corrected chi connectivity index (χ0v) is 13.7. The fourth-order valence-electron chi connectivity index (χ4n) is 5.34. The van der Waals surface area contributed by atoms with Gasteiger partial charge in [-0.1, -0.05) is 27.2 Å². The lowest BCUT2D eigenvalue weighted by Gasteiger charge is -2.48. The zero-order valence-electron chi connectivity index (χ0n) is 13.7. The molecule has 1 saturated carbocycles. The maximum absolute atomic E-state index is 12.3. The van der Waals surface area contributed by atoms with Crippen molar-refractivity contribution in [1.29, 1.82) is 0 Å². The fraction of sp³-hybridized carbons (Fsp3) is 0.941. The first-order valence-electron chi connectivity index (χ1n) is 8.77. The van der Waals surface area contributed by atoms with Gasteiger partial charge in [-0.15, -0.1) is 0 Å².